The van der Waals surface area contributed by atoms with Gasteiger partial charge in [0.15, 0.2) is 6.61 Å². The van der Waals surface area contributed by atoms with Crippen LogP contribution in [0.5, 0.6) is 17.2 Å². The Morgan fingerprint density at radius 2 is 2.12 bits per heavy atom. The maximum atomic E-state index is 11.7. The minimum absolute atomic E-state index is 0.000359. The predicted octanol–water partition coefficient (Wildman–Crippen LogP) is 2.89. The summed E-state index contributed by atoms with van der Waals surface area (Å²) < 4.78 is 10.4. The van der Waals surface area contributed by atoms with Gasteiger partial charge in [-0.05, 0) is 42.8 Å². The van der Waals surface area contributed by atoms with E-state index in [1.54, 1.807) is 30.3 Å². The van der Waals surface area contributed by atoms with Gasteiger partial charge in [0, 0.05) is 16.7 Å². The van der Waals surface area contributed by atoms with Gasteiger partial charge in [0.05, 0.1) is 13.3 Å². The van der Waals surface area contributed by atoms with Gasteiger partial charge in [0.2, 0.25) is 0 Å². The molecule has 0 aliphatic heterocycles. The van der Waals surface area contributed by atoms with Gasteiger partial charge in [-0.3, -0.25) is 4.79 Å². The first kappa shape index (κ1) is 17.6. The number of methoxy groups -OCH3 is 1. The quantitative estimate of drug-likeness (QED) is 0.621. The molecule has 0 unspecified atom stereocenters. The minimum atomic E-state index is -0.423. The summed E-state index contributed by atoms with van der Waals surface area (Å²) in [7, 11) is 1.51. The Morgan fingerprint density at radius 3 is 2.79 bits per heavy atom. The predicted molar refractivity (Wildman–Crippen MR) is 92.1 cm³/mol. The molecule has 0 bridgehead atoms. The molecule has 1 amide bonds. The fraction of sp³-hybridized carbons (Fsp3) is 0.176. The van der Waals surface area contributed by atoms with Crippen molar-refractivity contribution in [3.8, 4) is 17.2 Å². The van der Waals surface area contributed by atoms with Gasteiger partial charge >= 0.3 is 0 Å². The first-order valence-electron chi connectivity index (χ1n) is 7.07. The lowest BCUT2D eigenvalue weighted by Gasteiger charge is -2.08. The van der Waals surface area contributed by atoms with Crippen LogP contribution in [0, 0.1) is 6.92 Å². The molecule has 0 saturated heterocycles. The number of nitrogens with one attached hydrogen (secondary N) is 1. The van der Waals surface area contributed by atoms with E-state index in [1.165, 1.54) is 19.4 Å². The Hall–Kier alpha value is -2.73. The first-order valence-corrected chi connectivity index (χ1v) is 7.45. The molecule has 7 heteroatoms. The summed E-state index contributed by atoms with van der Waals surface area (Å²) >= 11 is 5.86. The van der Waals surface area contributed by atoms with Gasteiger partial charge in [-0.25, -0.2) is 5.43 Å². The Labute approximate surface area is 144 Å². The highest BCUT2D eigenvalue weighted by atomic mass is 35.5. The van der Waals surface area contributed by atoms with E-state index in [0.717, 1.165) is 5.56 Å². The highest BCUT2D eigenvalue weighted by Gasteiger charge is 2.05. The maximum absolute atomic E-state index is 11.7. The van der Waals surface area contributed by atoms with Crippen LogP contribution in [0.4, 0.5) is 0 Å². The van der Waals surface area contributed by atoms with Gasteiger partial charge < -0.3 is 14.6 Å². The zero-order valence-electron chi connectivity index (χ0n) is 13.2. The highest BCUT2D eigenvalue weighted by molar-refractivity contribution is 6.30. The second-order valence-corrected chi connectivity index (χ2v) is 5.35. The molecule has 2 aromatic carbocycles. The minimum Gasteiger partial charge on any atom is -0.507 e. The molecule has 0 spiro atoms. The Morgan fingerprint density at radius 1 is 1.33 bits per heavy atom. The number of aromatic hydroxyl groups is 1. The zero-order chi connectivity index (χ0) is 17.5. The van der Waals surface area contributed by atoms with E-state index in [9.17, 15) is 9.90 Å². The fourth-order valence-corrected chi connectivity index (χ4v) is 2.11. The molecule has 2 rings (SSSR count). The van der Waals surface area contributed by atoms with E-state index >= 15 is 0 Å². The molecular formula is C17H17ClN2O4. The summed E-state index contributed by atoms with van der Waals surface area (Å²) in [5.74, 6) is 0.681. The smallest absolute Gasteiger partial charge is 0.277 e. The van der Waals surface area contributed by atoms with Gasteiger partial charge in [-0.2, -0.15) is 5.10 Å². The number of carbonyl (C=O) groups excluding carboxylic acids is 1. The number of aryl methyl sites for hydroxylation is 1. The molecule has 0 heterocycles. The Kier molecular flexibility index (Phi) is 6.03. The van der Waals surface area contributed by atoms with Crippen LogP contribution in [-0.4, -0.2) is 30.9 Å². The monoisotopic (exact) mass is 348 g/mol. The van der Waals surface area contributed by atoms with Crippen LogP contribution in [-0.2, 0) is 4.79 Å². The van der Waals surface area contributed by atoms with Gasteiger partial charge in [-0.1, -0.05) is 11.6 Å². The van der Waals surface area contributed by atoms with Crippen LogP contribution in [0.15, 0.2) is 41.5 Å². The molecule has 2 N–H and O–H groups in total. The van der Waals surface area contributed by atoms with Crippen molar-refractivity contribution in [2.24, 2.45) is 5.10 Å². The van der Waals surface area contributed by atoms with Crippen LogP contribution in [0.2, 0.25) is 5.02 Å². The molecule has 0 radical (unpaired) electrons. The average molecular weight is 349 g/mol. The van der Waals surface area contributed by atoms with Crippen molar-refractivity contribution in [1.82, 2.24) is 5.43 Å². The van der Waals surface area contributed by atoms with Crippen molar-refractivity contribution in [2.45, 2.75) is 6.92 Å². The second-order valence-electron chi connectivity index (χ2n) is 4.92. The molecule has 24 heavy (non-hydrogen) atoms. The number of carbonyl (C=O) groups is 1. The van der Waals surface area contributed by atoms with Crippen molar-refractivity contribution in [3.05, 3.63) is 52.5 Å². The highest BCUT2D eigenvalue weighted by Crippen LogP contribution is 2.22. The van der Waals surface area contributed by atoms with Gasteiger partial charge in [-0.15, -0.1) is 0 Å². The number of hydrogen-bond acceptors (Lipinski definition) is 5. The Bertz CT molecular complexity index is 762. The largest absolute Gasteiger partial charge is 0.507 e. The zero-order valence-corrected chi connectivity index (χ0v) is 14.0. The molecule has 2 aromatic rings. The SMILES string of the molecule is COc1ccc(/C=N\NC(=O)COc2ccc(Cl)cc2C)c(O)c1. The number of benzene rings is 2. The molecule has 6 nitrogen and oxygen atoms in total. The molecule has 126 valence electrons. The molecule has 0 aromatic heterocycles. The lowest BCUT2D eigenvalue weighted by Crippen LogP contribution is -2.24. The van der Waals surface area contributed by atoms with E-state index in [4.69, 9.17) is 21.1 Å². The van der Waals surface area contributed by atoms with Gasteiger partial charge in [0.1, 0.15) is 17.2 Å². The third kappa shape index (κ3) is 4.89. The van der Waals surface area contributed by atoms with E-state index in [2.05, 4.69) is 10.5 Å². The lowest BCUT2D eigenvalue weighted by molar-refractivity contribution is -0.123. The molecule has 0 fully saturated rings. The normalized spacial score (nSPS) is 10.6. The van der Waals surface area contributed by atoms with Crippen LogP contribution in [0.3, 0.4) is 0 Å². The molecule has 0 aliphatic rings. The summed E-state index contributed by atoms with van der Waals surface area (Å²) in [6.07, 6.45) is 1.33. The van der Waals surface area contributed by atoms with Crippen LogP contribution < -0.4 is 14.9 Å². The molecule has 0 atom stereocenters. The summed E-state index contributed by atoms with van der Waals surface area (Å²) in [5, 5.41) is 14.2. The van der Waals surface area contributed by atoms with Crippen LogP contribution in [0.25, 0.3) is 0 Å². The summed E-state index contributed by atoms with van der Waals surface area (Å²) in [5.41, 5.74) is 3.61. The first-order chi connectivity index (χ1) is 11.5. The summed E-state index contributed by atoms with van der Waals surface area (Å²) in [4.78, 5) is 11.7. The molecular weight excluding hydrogens is 332 g/mol. The average Bonchev–Trinajstić information content (AvgIpc) is 2.55. The van der Waals surface area contributed by atoms with Crippen molar-refractivity contribution in [3.63, 3.8) is 0 Å². The van der Waals surface area contributed by atoms with Crippen molar-refractivity contribution >= 4 is 23.7 Å². The van der Waals surface area contributed by atoms with E-state index in [-0.39, 0.29) is 12.4 Å². The lowest BCUT2D eigenvalue weighted by atomic mass is 10.2. The number of phenolic OH excluding ortho intramolecular Hbond substituents is 1. The number of nitrogens with zero attached hydrogens (tertiary/aromatic N) is 1. The number of halogens is 1. The van der Waals surface area contributed by atoms with Crippen LogP contribution in [0.1, 0.15) is 11.1 Å². The van der Waals surface area contributed by atoms with E-state index in [1.807, 2.05) is 6.92 Å². The topological polar surface area (TPSA) is 80.2 Å². The third-order valence-electron chi connectivity index (χ3n) is 3.13. The number of phenols is 1. The Balaban J connectivity index is 1.86. The number of hydrogen-bond donors (Lipinski definition) is 2. The van der Waals surface area contributed by atoms with Crippen LogP contribution >= 0.6 is 11.6 Å². The third-order valence-corrected chi connectivity index (χ3v) is 3.36. The summed E-state index contributed by atoms with van der Waals surface area (Å²) in [6, 6.07) is 9.89. The van der Waals surface area contributed by atoms with Crippen molar-refractivity contribution in [2.75, 3.05) is 13.7 Å². The molecule has 0 aliphatic carbocycles. The van der Waals surface area contributed by atoms with Gasteiger partial charge in [0.25, 0.3) is 5.91 Å². The number of hydrazone groups is 1. The van der Waals surface area contributed by atoms with E-state index in [0.29, 0.717) is 22.1 Å². The standard InChI is InChI=1S/C17H17ClN2O4/c1-11-7-13(18)4-6-16(11)24-10-17(22)20-19-9-12-3-5-14(23-2)8-15(12)21/h3-9,21H,10H2,1-2H3,(H,20,22)/b19-9-. The summed E-state index contributed by atoms with van der Waals surface area (Å²) in [6.45, 7) is 1.65. The molecule has 0 saturated carbocycles. The number of rotatable bonds is 6. The number of amides is 1. The fourth-order valence-electron chi connectivity index (χ4n) is 1.88. The van der Waals surface area contributed by atoms with Crippen molar-refractivity contribution < 1.29 is 19.4 Å². The maximum Gasteiger partial charge on any atom is 0.277 e. The van der Waals surface area contributed by atoms with Crippen molar-refractivity contribution in [1.29, 1.82) is 0 Å². The second kappa shape index (κ2) is 8.21. The van der Waals surface area contributed by atoms with E-state index < -0.39 is 5.91 Å². The number of ether oxygens (including phenoxy) is 2.